The standard InChI is InChI=1S/C26H22N2O6S5/c27-14(26(30)31)11-32-15-9-21(17-3-1-7-35-17)38-24(15)19-5-6-20(37-19)25-16(33-12-23(28)34-13-29)10-22(39-25)18-4-2-8-36-18/h1-10,13-14,23H,11-12,27-28H2,(H,30,31)/t14-,23-/m0/s1. The fourth-order valence-electron chi connectivity index (χ4n) is 3.50. The van der Waals surface area contributed by atoms with Gasteiger partial charge >= 0.3 is 5.97 Å². The number of aliphatic carboxylic acids is 1. The maximum Gasteiger partial charge on any atom is 0.324 e. The number of carboxylic acids is 1. The number of hydrogen-bond acceptors (Lipinski definition) is 12. The molecular weight excluding hydrogens is 597 g/mol. The Balaban J connectivity index is 1.48. The number of nitrogens with two attached hydrogens (primary N) is 2. The zero-order chi connectivity index (χ0) is 27.4. The summed E-state index contributed by atoms with van der Waals surface area (Å²) in [7, 11) is 0. The predicted molar refractivity (Wildman–Crippen MR) is 159 cm³/mol. The first kappa shape index (κ1) is 27.5. The molecule has 202 valence electrons. The Kier molecular flexibility index (Phi) is 8.77. The smallest absolute Gasteiger partial charge is 0.324 e. The molecule has 5 rings (SSSR count). The first-order valence-electron chi connectivity index (χ1n) is 11.5. The van der Waals surface area contributed by atoms with E-state index in [4.69, 9.17) is 25.7 Å². The summed E-state index contributed by atoms with van der Waals surface area (Å²) < 4.78 is 16.7. The molecule has 0 saturated carbocycles. The van der Waals surface area contributed by atoms with E-state index in [1.54, 1.807) is 56.7 Å². The van der Waals surface area contributed by atoms with Crippen molar-refractivity contribution in [3.8, 4) is 50.5 Å². The quantitative estimate of drug-likeness (QED) is 0.104. The Bertz CT molecular complexity index is 1540. The lowest BCUT2D eigenvalue weighted by molar-refractivity contribution is -0.139. The van der Waals surface area contributed by atoms with E-state index in [9.17, 15) is 14.7 Å². The highest BCUT2D eigenvalue weighted by molar-refractivity contribution is 7.29. The summed E-state index contributed by atoms with van der Waals surface area (Å²) in [4.78, 5) is 29.9. The van der Waals surface area contributed by atoms with Gasteiger partial charge in [-0.1, -0.05) is 12.1 Å². The number of hydrogen-bond donors (Lipinski definition) is 3. The zero-order valence-corrected chi connectivity index (χ0v) is 24.2. The molecular formula is C26H22N2O6S5. The SMILES string of the molecule is N[C@H](COc1cc(-c2cccs2)sc1-c1ccc(-c2sc(-c3cccs3)cc2OC[C@H](N)C(=O)O)s1)OC=O. The molecule has 13 heteroatoms. The molecule has 0 aromatic carbocycles. The summed E-state index contributed by atoms with van der Waals surface area (Å²) >= 11 is 8.02. The second-order valence-corrected chi connectivity index (χ2v) is 13.1. The predicted octanol–water partition coefficient (Wildman–Crippen LogP) is 6.29. The molecule has 5 aromatic heterocycles. The van der Waals surface area contributed by atoms with Crippen LogP contribution in [0.4, 0.5) is 0 Å². The van der Waals surface area contributed by atoms with Crippen molar-refractivity contribution in [2.45, 2.75) is 12.3 Å². The third-order valence-corrected chi connectivity index (χ3v) is 11.2. The Morgan fingerprint density at radius 1 is 0.795 bits per heavy atom. The lowest BCUT2D eigenvalue weighted by atomic mass is 10.3. The van der Waals surface area contributed by atoms with Crippen LogP contribution >= 0.6 is 56.7 Å². The fourth-order valence-corrected chi connectivity index (χ4v) is 8.59. The Morgan fingerprint density at radius 3 is 1.79 bits per heavy atom. The summed E-state index contributed by atoms with van der Waals surface area (Å²) in [6.07, 6.45) is -0.877. The average Bonchev–Trinajstić information content (AvgIpc) is 3.74. The second kappa shape index (κ2) is 12.4. The Morgan fingerprint density at radius 2 is 1.33 bits per heavy atom. The maximum absolute atomic E-state index is 11.2. The summed E-state index contributed by atoms with van der Waals surface area (Å²) in [6, 6.07) is 14.9. The van der Waals surface area contributed by atoms with Crippen LogP contribution in [0.5, 0.6) is 11.5 Å². The normalized spacial score (nSPS) is 12.7. The van der Waals surface area contributed by atoms with E-state index in [0.29, 0.717) is 18.0 Å². The van der Waals surface area contributed by atoms with Crippen molar-refractivity contribution in [3.63, 3.8) is 0 Å². The van der Waals surface area contributed by atoms with Crippen molar-refractivity contribution >= 4 is 69.1 Å². The number of rotatable bonds is 13. The molecule has 8 nitrogen and oxygen atoms in total. The van der Waals surface area contributed by atoms with Crippen LogP contribution in [0.15, 0.2) is 59.3 Å². The van der Waals surface area contributed by atoms with E-state index in [1.165, 1.54) is 0 Å². The minimum Gasteiger partial charge on any atom is -0.490 e. The van der Waals surface area contributed by atoms with Crippen molar-refractivity contribution in [3.05, 3.63) is 59.3 Å². The molecule has 0 unspecified atom stereocenters. The maximum atomic E-state index is 11.2. The van der Waals surface area contributed by atoms with Crippen LogP contribution in [0.25, 0.3) is 39.0 Å². The summed E-state index contributed by atoms with van der Waals surface area (Å²) in [5, 5.41) is 13.2. The first-order valence-corrected chi connectivity index (χ1v) is 15.7. The molecule has 5 heterocycles. The van der Waals surface area contributed by atoms with Crippen LogP contribution in [0, 0.1) is 0 Å². The summed E-state index contributed by atoms with van der Waals surface area (Å²) in [5.74, 6) is 0.122. The van der Waals surface area contributed by atoms with Crippen LogP contribution in [-0.4, -0.2) is 43.0 Å². The van der Waals surface area contributed by atoms with Crippen LogP contribution in [0.2, 0.25) is 0 Å². The molecule has 0 fully saturated rings. The second-order valence-electron chi connectivity index (χ2n) is 8.06. The summed E-state index contributed by atoms with van der Waals surface area (Å²) in [5.41, 5.74) is 11.5. The molecule has 2 atom stereocenters. The van der Waals surface area contributed by atoms with Crippen molar-refractivity contribution in [1.82, 2.24) is 0 Å². The van der Waals surface area contributed by atoms with Crippen LogP contribution < -0.4 is 20.9 Å². The van der Waals surface area contributed by atoms with Gasteiger partial charge in [-0.05, 0) is 35.0 Å². The van der Waals surface area contributed by atoms with E-state index < -0.39 is 18.2 Å². The largest absolute Gasteiger partial charge is 0.490 e. The molecule has 5 N–H and O–H groups in total. The van der Waals surface area contributed by atoms with Gasteiger partial charge in [-0.2, -0.15) is 0 Å². The highest BCUT2D eigenvalue weighted by Gasteiger charge is 2.22. The first-order chi connectivity index (χ1) is 18.9. The van der Waals surface area contributed by atoms with Crippen molar-refractivity contribution in [2.24, 2.45) is 11.5 Å². The monoisotopic (exact) mass is 618 g/mol. The molecule has 0 radical (unpaired) electrons. The Labute approximate surface area is 243 Å². The minimum absolute atomic E-state index is 0.0154. The lowest BCUT2D eigenvalue weighted by Gasteiger charge is -2.11. The van der Waals surface area contributed by atoms with E-state index in [2.05, 4.69) is 0 Å². The highest BCUT2D eigenvalue weighted by atomic mass is 32.1. The molecule has 0 amide bonds. The molecule has 39 heavy (non-hydrogen) atoms. The van der Waals surface area contributed by atoms with E-state index >= 15 is 0 Å². The number of carbonyl (C=O) groups excluding carboxylic acids is 1. The van der Waals surface area contributed by atoms with Crippen molar-refractivity contribution < 1.29 is 28.9 Å². The van der Waals surface area contributed by atoms with E-state index in [0.717, 1.165) is 39.0 Å². The Hall–Kier alpha value is -3.04. The van der Waals surface area contributed by atoms with Gasteiger partial charge in [0, 0.05) is 41.4 Å². The summed E-state index contributed by atoms with van der Waals surface area (Å²) in [6.45, 7) is 0.179. The van der Waals surface area contributed by atoms with Gasteiger partial charge in [0.15, 0.2) is 6.23 Å². The number of carbonyl (C=O) groups is 2. The topological polar surface area (TPSA) is 134 Å². The highest BCUT2D eigenvalue weighted by Crippen LogP contribution is 2.51. The molecule has 0 aliphatic heterocycles. The number of ether oxygens (including phenoxy) is 3. The molecule has 0 aliphatic carbocycles. The van der Waals surface area contributed by atoms with Crippen LogP contribution in [0.1, 0.15) is 0 Å². The average molecular weight is 619 g/mol. The van der Waals surface area contributed by atoms with Crippen LogP contribution in [-0.2, 0) is 14.3 Å². The van der Waals surface area contributed by atoms with Gasteiger partial charge in [0.25, 0.3) is 6.47 Å². The fraction of sp³-hybridized carbons (Fsp3) is 0.154. The van der Waals surface area contributed by atoms with Crippen LogP contribution in [0.3, 0.4) is 0 Å². The van der Waals surface area contributed by atoms with Gasteiger partial charge in [0.2, 0.25) is 0 Å². The van der Waals surface area contributed by atoms with Gasteiger partial charge in [0.05, 0.1) is 9.75 Å². The third-order valence-electron chi connectivity index (χ3n) is 5.35. The van der Waals surface area contributed by atoms with Crippen molar-refractivity contribution in [1.29, 1.82) is 0 Å². The molecule has 0 spiro atoms. The molecule has 0 bridgehead atoms. The van der Waals surface area contributed by atoms with Gasteiger partial charge in [-0.3, -0.25) is 15.3 Å². The van der Waals surface area contributed by atoms with Gasteiger partial charge in [0.1, 0.15) is 30.8 Å². The third kappa shape index (κ3) is 6.41. The molecule has 0 aliphatic rings. The van der Waals surface area contributed by atoms with Crippen molar-refractivity contribution in [2.75, 3.05) is 13.2 Å². The van der Waals surface area contributed by atoms with Gasteiger partial charge < -0.3 is 25.1 Å². The molecule has 5 aromatic rings. The minimum atomic E-state index is -1.13. The zero-order valence-electron chi connectivity index (χ0n) is 20.1. The van der Waals surface area contributed by atoms with E-state index in [-0.39, 0.29) is 13.2 Å². The van der Waals surface area contributed by atoms with Gasteiger partial charge in [-0.15, -0.1) is 56.7 Å². The number of thiophene rings is 5. The lowest BCUT2D eigenvalue weighted by Crippen LogP contribution is -2.36. The van der Waals surface area contributed by atoms with E-state index in [1.807, 2.05) is 59.3 Å². The molecule has 0 saturated heterocycles. The number of carboxylic acid groups (broad SMARTS) is 1. The van der Waals surface area contributed by atoms with Gasteiger partial charge in [-0.25, -0.2) is 0 Å².